The summed E-state index contributed by atoms with van der Waals surface area (Å²) in [6.45, 7) is 4.06. The lowest BCUT2D eigenvalue weighted by Gasteiger charge is -2.24. The molecule has 0 saturated heterocycles. The number of rotatable bonds is 6. The largest absolute Gasteiger partial charge is 0.419 e. The Morgan fingerprint density at radius 1 is 1.10 bits per heavy atom. The van der Waals surface area contributed by atoms with Gasteiger partial charge in [-0.1, -0.05) is 41.9 Å². The van der Waals surface area contributed by atoms with Gasteiger partial charge in [0.1, 0.15) is 0 Å². The van der Waals surface area contributed by atoms with Crippen molar-refractivity contribution in [3.05, 3.63) is 83.5 Å². The number of carbonyl (C=O) groups excluding carboxylic acids is 1. The second-order valence-electron chi connectivity index (χ2n) is 7.02. The highest BCUT2D eigenvalue weighted by Crippen LogP contribution is 2.26. The van der Waals surface area contributed by atoms with Gasteiger partial charge in [-0.05, 0) is 38.1 Å². The van der Waals surface area contributed by atoms with E-state index >= 15 is 0 Å². The molecule has 0 N–H and O–H groups in total. The molecule has 4 aromatic rings. The van der Waals surface area contributed by atoms with Gasteiger partial charge in [0.2, 0.25) is 11.8 Å². The van der Waals surface area contributed by atoms with Crippen LogP contribution in [-0.2, 0) is 6.54 Å². The van der Waals surface area contributed by atoms with Gasteiger partial charge in [0.25, 0.3) is 5.91 Å². The minimum Gasteiger partial charge on any atom is -0.419 e. The molecule has 0 unspecified atom stereocenters. The van der Waals surface area contributed by atoms with Gasteiger partial charge >= 0.3 is 0 Å². The Kier molecular flexibility index (Phi) is 5.63. The number of hydrogen-bond acceptors (Lipinski definition) is 5. The maximum absolute atomic E-state index is 13.1. The number of aromatic nitrogens is 4. The van der Waals surface area contributed by atoms with E-state index < -0.39 is 0 Å². The highest BCUT2D eigenvalue weighted by molar-refractivity contribution is 6.33. The maximum Gasteiger partial charge on any atom is 0.257 e. The summed E-state index contributed by atoms with van der Waals surface area (Å²) >= 11 is 6.21. The molecule has 152 valence electrons. The van der Waals surface area contributed by atoms with Crippen molar-refractivity contribution in [2.75, 3.05) is 0 Å². The SMILES string of the molecule is CC(C)N(Cc1nnc(-c2ccccc2Cl)o1)C(=O)c1cnn(-c2ccccc2)c1. The third-order valence-corrected chi connectivity index (χ3v) is 4.94. The Balaban J connectivity index is 1.54. The van der Waals surface area contributed by atoms with Crippen LogP contribution in [0.5, 0.6) is 0 Å². The molecule has 0 radical (unpaired) electrons. The van der Waals surface area contributed by atoms with E-state index in [2.05, 4.69) is 15.3 Å². The van der Waals surface area contributed by atoms with Crippen LogP contribution in [0.25, 0.3) is 17.1 Å². The topological polar surface area (TPSA) is 77.1 Å². The van der Waals surface area contributed by atoms with Gasteiger partial charge in [-0.3, -0.25) is 4.79 Å². The van der Waals surface area contributed by atoms with E-state index in [1.165, 1.54) is 0 Å². The van der Waals surface area contributed by atoms with Crippen LogP contribution >= 0.6 is 11.6 Å². The van der Waals surface area contributed by atoms with Crippen molar-refractivity contribution < 1.29 is 9.21 Å². The smallest absolute Gasteiger partial charge is 0.257 e. The van der Waals surface area contributed by atoms with Gasteiger partial charge in [-0.25, -0.2) is 4.68 Å². The van der Waals surface area contributed by atoms with E-state index in [9.17, 15) is 4.79 Å². The van der Waals surface area contributed by atoms with Gasteiger partial charge in [-0.2, -0.15) is 5.10 Å². The van der Waals surface area contributed by atoms with E-state index in [-0.39, 0.29) is 18.5 Å². The minimum atomic E-state index is -0.162. The van der Waals surface area contributed by atoms with Crippen LogP contribution in [0.3, 0.4) is 0 Å². The molecule has 7 nitrogen and oxygen atoms in total. The van der Waals surface area contributed by atoms with Gasteiger partial charge in [0.15, 0.2) is 0 Å². The molecule has 2 aromatic carbocycles. The normalized spacial score (nSPS) is 11.1. The van der Waals surface area contributed by atoms with Crippen molar-refractivity contribution in [3.8, 4) is 17.1 Å². The molecular formula is C22H20ClN5O2. The quantitative estimate of drug-likeness (QED) is 0.453. The molecule has 2 aromatic heterocycles. The monoisotopic (exact) mass is 421 g/mol. The van der Waals surface area contributed by atoms with E-state index in [0.29, 0.717) is 27.9 Å². The third-order valence-electron chi connectivity index (χ3n) is 4.61. The van der Waals surface area contributed by atoms with Gasteiger partial charge in [-0.15, -0.1) is 10.2 Å². The standard InChI is InChI=1S/C22H20ClN5O2/c1-15(2)27(14-20-25-26-21(30-20)18-10-6-7-11-19(18)23)22(29)16-12-24-28(13-16)17-8-4-3-5-9-17/h3-13,15H,14H2,1-2H3. The molecule has 0 aliphatic carbocycles. The van der Waals surface area contributed by atoms with Gasteiger partial charge in [0, 0.05) is 12.2 Å². The van der Waals surface area contributed by atoms with Crippen LogP contribution in [0.15, 0.2) is 71.4 Å². The third kappa shape index (κ3) is 4.11. The molecule has 2 heterocycles. The summed E-state index contributed by atoms with van der Waals surface area (Å²) in [5.74, 6) is 0.496. The lowest BCUT2D eigenvalue weighted by Crippen LogP contribution is -2.36. The number of benzene rings is 2. The molecule has 30 heavy (non-hydrogen) atoms. The molecule has 0 fully saturated rings. The predicted molar refractivity (Wildman–Crippen MR) is 113 cm³/mol. The summed E-state index contributed by atoms with van der Waals surface area (Å²) in [5, 5.41) is 13.0. The van der Waals surface area contributed by atoms with Crippen molar-refractivity contribution >= 4 is 17.5 Å². The average Bonchev–Trinajstić information content (AvgIpc) is 3.42. The maximum atomic E-state index is 13.1. The zero-order valence-corrected chi connectivity index (χ0v) is 17.3. The van der Waals surface area contributed by atoms with Crippen LogP contribution < -0.4 is 0 Å². The summed E-state index contributed by atoms with van der Waals surface area (Å²) in [4.78, 5) is 14.8. The minimum absolute atomic E-state index is 0.0757. The van der Waals surface area contributed by atoms with E-state index in [1.807, 2.05) is 62.4 Å². The first kappa shape index (κ1) is 19.8. The molecule has 0 saturated carbocycles. The van der Waals surface area contributed by atoms with Crippen LogP contribution in [0.2, 0.25) is 5.02 Å². The van der Waals surface area contributed by atoms with Crippen molar-refractivity contribution in [2.45, 2.75) is 26.4 Å². The zero-order chi connectivity index (χ0) is 21.1. The lowest BCUT2D eigenvalue weighted by atomic mass is 10.2. The molecule has 0 aliphatic rings. The first-order valence-corrected chi connectivity index (χ1v) is 9.89. The number of para-hydroxylation sites is 1. The first-order chi connectivity index (χ1) is 14.5. The fraction of sp³-hybridized carbons (Fsp3) is 0.182. The second-order valence-corrected chi connectivity index (χ2v) is 7.42. The lowest BCUT2D eigenvalue weighted by molar-refractivity contribution is 0.0672. The Hall–Kier alpha value is -3.45. The fourth-order valence-corrected chi connectivity index (χ4v) is 3.23. The molecule has 1 amide bonds. The zero-order valence-electron chi connectivity index (χ0n) is 16.6. The highest BCUT2D eigenvalue weighted by Gasteiger charge is 2.23. The molecule has 0 atom stereocenters. The first-order valence-electron chi connectivity index (χ1n) is 9.51. The van der Waals surface area contributed by atoms with Crippen LogP contribution in [0.1, 0.15) is 30.1 Å². The van der Waals surface area contributed by atoms with E-state index in [0.717, 1.165) is 5.69 Å². The molecule has 8 heteroatoms. The number of amides is 1. The summed E-state index contributed by atoms with van der Waals surface area (Å²) in [5.41, 5.74) is 2.02. The van der Waals surface area contributed by atoms with Crippen molar-refractivity contribution in [2.24, 2.45) is 0 Å². The number of carbonyl (C=O) groups is 1. The summed E-state index contributed by atoms with van der Waals surface area (Å²) in [6.07, 6.45) is 3.28. The van der Waals surface area contributed by atoms with Gasteiger partial charge < -0.3 is 9.32 Å². The second kappa shape index (κ2) is 8.51. The van der Waals surface area contributed by atoms with Crippen molar-refractivity contribution in [1.82, 2.24) is 24.9 Å². The predicted octanol–water partition coefficient (Wildman–Crippen LogP) is 4.63. The Morgan fingerprint density at radius 3 is 2.57 bits per heavy atom. The van der Waals surface area contributed by atoms with Crippen LogP contribution in [-0.4, -0.2) is 36.8 Å². The Bertz CT molecular complexity index is 1150. The van der Waals surface area contributed by atoms with Crippen molar-refractivity contribution in [1.29, 1.82) is 0 Å². The van der Waals surface area contributed by atoms with Gasteiger partial charge in [0.05, 0.1) is 34.6 Å². The van der Waals surface area contributed by atoms with Crippen LogP contribution in [0, 0.1) is 0 Å². The number of hydrogen-bond donors (Lipinski definition) is 0. The number of halogens is 1. The van der Waals surface area contributed by atoms with Crippen molar-refractivity contribution in [3.63, 3.8) is 0 Å². The number of nitrogens with zero attached hydrogens (tertiary/aromatic N) is 5. The summed E-state index contributed by atoms with van der Waals surface area (Å²) < 4.78 is 7.44. The Morgan fingerprint density at radius 2 is 1.83 bits per heavy atom. The van der Waals surface area contributed by atoms with E-state index in [4.69, 9.17) is 16.0 Å². The molecule has 0 bridgehead atoms. The van der Waals surface area contributed by atoms with E-state index in [1.54, 1.807) is 28.0 Å². The molecular weight excluding hydrogens is 402 g/mol. The fourth-order valence-electron chi connectivity index (χ4n) is 3.02. The Labute approximate surface area is 178 Å². The highest BCUT2D eigenvalue weighted by atomic mass is 35.5. The average molecular weight is 422 g/mol. The van der Waals surface area contributed by atoms with Crippen LogP contribution in [0.4, 0.5) is 0 Å². The summed E-state index contributed by atoms with van der Waals surface area (Å²) in [6, 6.07) is 16.8. The summed E-state index contributed by atoms with van der Waals surface area (Å²) in [7, 11) is 0. The molecule has 0 aliphatic heterocycles. The molecule has 0 spiro atoms. The molecule has 4 rings (SSSR count).